The Labute approximate surface area is 117 Å². The molecule has 4 nitrogen and oxygen atoms in total. The topological polar surface area (TPSA) is 61.5 Å². The average Bonchev–Trinajstić information content (AvgIpc) is 2.26. The Morgan fingerprint density at radius 3 is 2.68 bits per heavy atom. The zero-order chi connectivity index (χ0) is 14.5. The lowest BCUT2D eigenvalue weighted by atomic mass is 9.71. The SMILES string of the molecule is CCOC(=O)C(N)CCOC1CC(C)CC(C)(C)C1. The Balaban J connectivity index is 2.27. The van der Waals surface area contributed by atoms with Crippen LogP contribution in [-0.2, 0) is 14.3 Å². The number of hydrogen-bond acceptors (Lipinski definition) is 4. The fraction of sp³-hybridized carbons (Fsp3) is 0.933. The highest BCUT2D eigenvalue weighted by Gasteiger charge is 2.32. The summed E-state index contributed by atoms with van der Waals surface area (Å²) in [6, 6.07) is -0.561. The molecule has 2 N–H and O–H groups in total. The van der Waals surface area contributed by atoms with Crippen LogP contribution < -0.4 is 5.73 Å². The van der Waals surface area contributed by atoms with E-state index in [2.05, 4.69) is 20.8 Å². The van der Waals surface area contributed by atoms with E-state index in [1.165, 1.54) is 6.42 Å². The molecule has 0 aromatic heterocycles. The van der Waals surface area contributed by atoms with Gasteiger partial charge in [0.15, 0.2) is 0 Å². The summed E-state index contributed by atoms with van der Waals surface area (Å²) in [6.07, 6.45) is 4.29. The van der Waals surface area contributed by atoms with Crippen LogP contribution in [-0.4, -0.2) is 31.3 Å². The first-order chi connectivity index (χ1) is 8.84. The van der Waals surface area contributed by atoms with E-state index in [-0.39, 0.29) is 5.97 Å². The highest BCUT2D eigenvalue weighted by atomic mass is 16.5. The van der Waals surface area contributed by atoms with Crippen LogP contribution in [0, 0.1) is 11.3 Å². The van der Waals surface area contributed by atoms with Crippen LogP contribution in [0.25, 0.3) is 0 Å². The third-order valence-corrected chi connectivity index (χ3v) is 3.72. The monoisotopic (exact) mass is 271 g/mol. The third kappa shape index (κ3) is 5.91. The zero-order valence-corrected chi connectivity index (χ0v) is 12.8. The highest BCUT2D eigenvalue weighted by Crippen LogP contribution is 2.39. The van der Waals surface area contributed by atoms with Crippen LogP contribution in [0.5, 0.6) is 0 Å². The van der Waals surface area contributed by atoms with Gasteiger partial charge in [-0.15, -0.1) is 0 Å². The van der Waals surface area contributed by atoms with E-state index in [1.807, 2.05) is 0 Å². The summed E-state index contributed by atoms with van der Waals surface area (Å²) in [7, 11) is 0. The van der Waals surface area contributed by atoms with Gasteiger partial charge < -0.3 is 15.2 Å². The second-order valence-electron chi connectivity index (χ2n) is 6.55. The summed E-state index contributed by atoms with van der Waals surface area (Å²) < 4.78 is 10.8. The normalized spacial score (nSPS) is 27.8. The Bertz CT molecular complexity index is 291. The molecule has 0 heterocycles. The van der Waals surface area contributed by atoms with Crippen molar-refractivity contribution in [1.82, 2.24) is 0 Å². The Hall–Kier alpha value is -0.610. The van der Waals surface area contributed by atoms with Crippen molar-refractivity contribution in [2.24, 2.45) is 17.1 Å². The molecule has 0 aromatic rings. The molecule has 0 radical (unpaired) electrons. The van der Waals surface area contributed by atoms with Crippen LogP contribution >= 0.6 is 0 Å². The first-order valence-corrected chi connectivity index (χ1v) is 7.38. The zero-order valence-electron chi connectivity index (χ0n) is 12.8. The van der Waals surface area contributed by atoms with Gasteiger partial charge in [0.05, 0.1) is 12.7 Å². The molecule has 1 rings (SSSR count). The molecule has 112 valence electrons. The number of carbonyl (C=O) groups is 1. The minimum atomic E-state index is -0.561. The Morgan fingerprint density at radius 1 is 1.42 bits per heavy atom. The first-order valence-electron chi connectivity index (χ1n) is 7.38. The van der Waals surface area contributed by atoms with Crippen molar-refractivity contribution in [3.05, 3.63) is 0 Å². The molecule has 1 aliphatic rings. The lowest BCUT2D eigenvalue weighted by molar-refractivity contribution is -0.145. The molecule has 1 fully saturated rings. The smallest absolute Gasteiger partial charge is 0.322 e. The Morgan fingerprint density at radius 2 is 2.11 bits per heavy atom. The molecule has 0 aromatic carbocycles. The first kappa shape index (κ1) is 16.4. The van der Waals surface area contributed by atoms with Crippen LogP contribution in [0.2, 0.25) is 0 Å². The third-order valence-electron chi connectivity index (χ3n) is 3.72. The summed E-state index contributed by atoms with van der Waals surface area (Å²) in [5.41, 5.74) is 6.10. The van der Waals surface area contributed by atoms with Gasteiger partial charge in [-0.25, -0.2) is 0 Å². The molecule has 0 bridgehead atoms. The van der Waals surface area contributed by atoms with E-state index in [0.717, 1.165) is 12.8 Å². The van der Waals surface area contributed by atoms with E-state index in [4.69, 9.17) is 15.2 Å². The molecule has 3 atom stereocenters. The summed E-state index contributed by atoms with van der Waals surface area (Å²) in [6.45, 7) is 9.57. The molecule has 1 aliphatic carbocycles. The highest BCUT2D eigenvalue weighted by molar-refractivity contribution is 5.75. The molecular formula is C15H29NO3. The van der Waals surface area contributed by atoms with Gasteiger partial charge in [0.1, 0.15) is 6.04 Å². The number of nitrogens with two attached hydrogens (primary N) is 1. The summed E-state index contributed by atoms with van der Waals surface area (Å²) in [5.74, 6) is 0.371. The predicted molar refractivity (Wildman–Crippen MR) is 75.8 cm³/mol. The predicted octanol–water partition coefficient (Wildman–Crippen LogP) is 2.50. The van der Waals surface area contributed by atoms with Crippen molar-refractivity contribution in [2.75, 3.05) is 13.2 Å². The fourth-order valence-corrected chi connectivity index (χ4v) is 3.11. The van der Waals surface area contributed by atoms with Crippen molar-refractivity contribution in [2.45, 2.75) is 65.5 Å². The van der Waals surface area contributed by atoms with Crippen LogP contribution in [0.15, 0.2) is 0 Å². The van der Waals surface area contributed by atoms with Gasteiger partial charge in [0.25, 0.3) is 0 Å². The number of esters is 1. The molecular weight excluding hydrogens is 242 g/mol. The molecule has 0 amide bonds. The van der Waals surface area contributed by atoms with Gasteiger partial charge in [0, 0.05) is 6.61 Å². The van der Waals surface area contributed by atoms with Crippen LogP contribution in [0.1, 0.15) is 53.4 Å². The molecule has 19 heavy (non-hydrogen) atoms. The molecule has 4 heteroatoms. The lowest BCUT2D eigenvalue weighted by Gasteiger charge is -2.38. The van der Waals surface area contributed by atoms with Gasteiger partial charge in [-0.05, 0) is 43.9 Å². The summed E-state index contributed by atoms with van der Waals surface area (Å²) in [5, 5.41) is 0. The fourth-order valence-electron chi connectivity index (χ4n) is 3.11. The van der Waals surface area contributed by atoms with Crippen molar-refractivity contribution < 1.29 is 14.3 Å². The second-order valence-corrected chi connectivity index (χ2v) is 6.55. The maximum absolute atomic E-state index is 11.4. The van der Waals surface area contributed by atoms with Gasteiger partial charge in [-0.2, -0.15) is 0 Å². The van der Waals surface area contributed by atoms with Crippen LogP contribution in [0.3, 0.4) is 0 Å². The lowest BCUT2D eigenvalue weighted by Crippen LogP contribution is -2.36. The maximum atomic E-state index is 11.4. The largest absolute Gasteiger partial charge is 0.465 e. The average molecular weight is 271 g/mol. The van der Waals surface area contributed by atoms with Gasteiger partial charge in [0.2, 0.25) is 0 Å². The molecule has 0 aliphatic heterocycles. The van der Waals surface area contributed by atoms with Crippen molar-refractivity contribution >= 4 is 5.97 Å². The molecule has 1 saturated carbocycles. The number of rotatable bonds is 6. The number of ether oxygens (including phenoxy) is 2. The van der Waals surface area contributed by atoms with E-state index in [0.29, 0.717) is 37.1 Å². The summed E-state index contributed by atoms with van der Waals surface area (Å²) >= 11 is 0. The van der Waals surface area contributed by atoms with E-state index in [9.17, 15) is 4.79 Å². The van der Waals surface area contributed by atoms with E-state index in [1.54, 1.807) is 6.92 Å². The molecule has 0 saturated heterocycles. The Kier molecular flexibility index (Phi) is 6.27. The van der Waals surface area contributed by atoms with Crippen molar-refractivity contribution in [3.8, 4) is 0 Å². The van der Waals surface area contributed by atoms with Gasteiger partial charge in [-0.1, -0.05) is 20.8 Å². The molecule has 3 unspecified atom stereocenters. The minimum Gasteiger partial charge on any atom is -0.465 e. The quantitative estimate of drug-likeness (QED) is 0.754. The van der Waals surface area contributed by atoms with Crippen molar-refractivity contribution in [1.29, 1.82) is 0 Å². The van der Waals surface area contributed by atoms with Crippen LogP contribution in [0.4, 0.5) is 0 Å². The number of hydrogen-bond donors (Lipinski definition) is 1. The van der Waals surface area contributed by atoms with Crippen molar-refractivity contribution in [3.63, 3.8) is 0 Å². The number of carbonyl (C=O) groups excluding carboxylic acids is 1. The summed E-state index contributed by atoms with van der Waals surface area (Å²) in [4.78, 5) is 11.4. The minimum absolute atomic E-state index is 0.299. The second kappa shape index (κ2) is 7.25. The standard InChI is InChI=1S/C15H29NO3/c1-5-18-14(17)13(16)6-7-19-12-8-11(2)9-15(3,4)10-12/h11-13H,5-10,16H2,1-4H3. The maximum Gasteiger partial charge on any atom is 0.322 e. The molecule has 0 spiro atoms. The van der Waals surface area contributed by atoms with E-state index < -0.39 is 6.04 Å². The van der Waals surface area contributed by atoms with Gasteiger partial charge >= 0.3 is 5.97 Å². The van der Waals surface area contributed by atoms with E-state index >= 15 is 0 Å². The van der Waals surface area contributed by atoms with Gasteiger partial charge in [-0.3, -0.25) is 4.79 Å².